The number of carbonyl (C=O) groups excluding carboxylic acids is 1. The zero-order valence-corrected chi connectivity index (χ0v) is 14.0. The third-order valence-electron chi connectivity index (χ3n) is 4.08. The van der Waals surface area contributed by atoms with E-state index in [-0.39, 0.29) is 6.03 Å². The second-order valence-electron chi connectivity index (χ2n) is 5.75. The molecule has 0 saturated heterocycles. The number of hydrogen-bond acceptors (Lipinski definition) is 5. The van der Waals surface area contributed by atoms with Crippen molar-refractivity contribution in [1.29, 1.82) is 0 Å². The first-order valence-electron chi connectivity index (χ1n) is 8.07. The van der Waals surface area contributed by atoms with E-state index >= 15 is 0 Å². The Kier molecular flexibility index (Phi) is 4.12. The van der Waals surface area contributed by atoms with Crippen LogP contribution in [0.2, 0.25) is 0 Å². The van der Waals surface area contributed by atoms with Gasteiger partial charge in [0.15, 0.2) is 5.82 Å². The molecule has 8 heteroatoms. The fourth-order valence-corrected chi connectivity index (χ4v) is 3.78. The molecule has 0 bridgehead atoms. The van der Waals surface area contributed by atoms with Gasteiger partial charge in [0, 0.05) is 13.0 Å². The van der Waals surface area contributed by atoms with E-state index in [9.17, 15) is 4.79 Å². The molecule has 124 valence electrons. The maximum atomic E-state index is 12.0. The summed E-state index contributed by atoms with van der Waals surface area (Å²) in [7, 11) is 0. The molecule has 24 heavy (non-hydrogen) atoms. The molecule has 2 aromatic heterocycles. The molecule has 0 spiro atoms. The van der Waals surface area contributed by atoms with Crippen molar-refractivity contribution in [2.24, 2.45) is 0 Å². The van der Waals surface area contributed by atoms with Crippen LogP contribution in [-0.4, -0.2) is 25.8 Å². The molecule has 1 aromatic carbocycles. The lowest BCUT2D eigenvalue weighted by atomic mass is 10.2. The van der Waals surface area contributed by atoms with Gasteiger partial charge in [-0.2, -0.15) is 0 Å². The lowest BCUT2D eigenvalue weighted by Crippen LogP contribution is -2.35. The molecule has 1 aliphatic rings. The van der Waals surface area contributed by atoms with Gasteiger partial charge in [-0.05, 0) is 25.0 Å². The highest BCUT2D eigenvalue weighted by Gasteiger charge is 2.16. The molecule has 0 unspecified atom stereocenters. The predicted octanol–water partition coefficient (Wildman–Crippen LogP) is 2.22. The van der Waals surface area contributed by atoms with Crippen molar-refractivity contribution in [3.05, 3.63) is 40.9 Å². The summed E-state index contributed by atoms with van der Waals surface area (Å²) in [6.45, 7) is 1.74. The number of thiazole rings is 1. The molecular weight excluding hydrogens is 324 g/mol. The third-order valence-corrected chi connectivity index (χ3v) is 5.12. The third kappa shape index (κ3) is 3.09. The van der Waals surface area contributed by atoms with Crippen LogP contribution in [0, 0.1) is 0 Å². The Hall–Kier alpha value is -2.48. The Morgan fingerprint density at radius 3 is 2.96 bits per heavy atom. The summed E-state index contributed by atoms with van der Waals surface area (Å²) in [5, 5.41) is 14.9. The van der Waals surface area contributed by atoms with E-state index in [1.807, 2.05) is 24.3 Å². The van der Waals surface area contributed by atoms with Gasteiger partial charge in [-0.25, -0.2) is 9.78 Å². The number of benzene rings is 1. The van der Waals surface area contributed by atoms with E-state index in [1.165, 1.54) is 0 Å². The highest BCUT2D eigenvalue weighted by Crippen LogP contribution is 2.21. The molecule has 0 fully saturated rings. The largest absolute Gasteiger partial charge is 0.332 e. The Bertz CT molecular complexity index is 837. The van der Waals surface area contributed by atoms with Gasteiger partial charge in [-0.3, -0.25) is 0 Å². The number of amides is 2. The zero-order valence-electron chi connectivity index (χ0n) is 13.2. The first kappa shape index (κ1) is 15.1. The molecule has 7 nitrogen and oxygen atoms in total. The summed E-state index contributed by atoms with van der Waals surface area (Å²) in [4.78, 5) is 16.5. The first-order chi connectivity index (χ1) is 11.8. The number of urea groups is 1. The van der Waals surface area contributed by atoms with Crippen molar-refractivity contribution in [2.45, 2.75) is 38.9 Å². The molecule has 0 radical (unpaired) electrons. The van der Waals surface area contributed by atoms with E-state index in [0.29, 0.717) is 13.1 Å². The minimum absolute atomic E-state index is 0.220. The SMILES string of the molecule is O=C(NCc1nc2ccccc2s1)NCc1nnc2n1CCCC2. The Morgan fingerprint density at radius 1 is 1.17 bits per heavy atom. The molecule has 0 saturated carbocycles. The summed E-state index contributed by atoms with van der Waals surface area (Å²) in [5.74, 6) is 1.84. The first-order valence-corrected chi connectivity index (χ1v) is 8.88. The van der Waals surface area contributed by atoms with E-state index in [4.69, 9.17) is 0 Å². The summed E-state index contributed by atoms with van der Waals surface area (Å²) in [6.07, 6.45) is 3.27. The summed E-state index contributed by atoms with van der Waals surface area (Å²) in [6, 6.07) is 7.74. The maximum Gasteiger partial charge on any atom is 0.315 e. The molecule has 0 atom stereocenters. The Balaban J connectivity index is 1.31. The molecule has 2 N–H and O–H groups in total. The van der Waals surface area contributed by atoms with Gasteiger partial charge in [0.1, 0.15) is 10.8 Å². The van der Waals surface area contributed by atoms with Crippen LogP contribution < -0.4 is 10.6 Å². The molecule has 3 heterocycles. The number of carbonyl (C=O) groups is 1. The van der Waals surface area contributed by atoms with Crippen LogP contribution in [-0.2, 0) is 26.1 Å². The number of rotatable bonds is 4. The maximum absolute atomic E-state index is 12.0. The Morgan fingerprint density at radius 2 is 2.04 bits per heavy atom. The summed E-state index contributed by atoms with van der Waals surface area (Å²) < 4.78 is 3.24. The number of nitrogens with zero attached hydrogens (tertiary/aromatic N) is 4. The normalized spacial score (nSPS) is 13.7. The minimum Gasteiger partial charge on any atom is -0.332 e. The van der Waals surface area contributed by atoms with Crippen LogP contribution >= 0.6 is 11.3 Å². The van der Waals surface area contributed by atoms with Crippen LogP contribution in [0.5, 0.6) is 0 Å². The zero-order chi connectivity index (χ0) is 16.4. The van der Waals surface area contributed by atoms with E-state index < -0.39 is 0 Å². The number of aromatic nitrogens is 4. The van der Waals surface area contributed by atoms with E-state index in [2.05, 4.69) is 30.4 Å². The highest BCUT2D eigenvalue weighted by molar-refractivity contribution is 7.18. The van der Waals surface area contributed by atoms with Gasteiger partial charge in [0.2, 0.25) is 0 Å². The lowest BCUT2D eigenvalue weighted by Gasteiger charge is -2.14. The number of hydrogen-bond donors (Lipinski definition) is 2. The number of fused-ring (bicyclic) bond motifs is 2. The molecule has 2 amide bonds. The number of para-hydroxylation sites is 1. The molecule has 1 aliphatic heterocycles. The fraction of sp³-hybridized carbons (Fsp3) is 0.375. The van der Waals surface area contributed by atoms with Crippen LogP contribution in [0.3, 0.4) is 0 Å². The lowest BCUT2D eigenvalue weighted by molar-refractivity contribution is 0.239. The predicted molar refractivity (Wildman–Crippen MR) is 91.7 cm³/mol. The van der Waals surface area contributed by atoms with Gasteiger partial charge in [-0.15, -0.1) is 21.5 Å². The second kappa shape index (κ2) is 6.56. The van der Waals surface area contributed by atoms with Crippen molar-refractivity contribution in [1.82, 2.24) is 30.4 Å². The van der Waals surface area contributed by atoms with Crippen LogP contribution in [0.4, 0.5) is 4.79 Å². The molecule has 4 rings (SSSR count). The Labute approximate surface area is 143 Å². The highest BCUT2D eigenvalue weighted by atomic mass is 32.1. The van der Waals surface area contributed by atoms with E-state index in [0.717, 1.165) is 52.7 Å². The number of nitrogens with one attached hydrogen (secondary N) is 2. The second-order valence-corrected chi connectivity index (χ2v) is 6.87. The van der Waals surface area contributed by atoms with Crippen molar-refractivity contribution in [2.75, 3.05) is 0 Å². The van der Waals surface area contributed by atoms with Crippen molar-refractivity contribution < 1.29 is 4.79 Å². The van der Waals surface area contributed by atoms with Crippen molar-refractivity contribution >= 4 is 27.6 Å². The average molecular weight is 342 g/mol. The smallest absolute Gasteiger partial charge is 0.315 e. The average Bonchev–Trinajstić information content (AvgIpc) is 3.21. The van der Waals surface area contributed by atoms with Crippen LogP contribution in [0.25, 0.3) is 10.2 Å². The van der Waals surface area contributed by atoms with Gasteiger partial charge in [0.25, 0.3) is 0 Å². The van der Waals surface area contributed by atoms with Gasteiger partial charge in [-0.1, -0.05) is 12.1 Å². The molecule has 0 aliphatic carbocycles. The molecular formula is C16H18N6OS. The van der Waals surface area contributed by atoms with Gasteiger partial charge >= 0.3 is 6.03 Å². The van der Waals surface area contributed by atoms with E-state index in [1.54, 1.807) is 11.3 Å². The minimum atomic E-state index is -0.220. The van der Waals surface area contributed by atoms with Crippen LogP contribution in [0.1, 0.15) is 29.5 Å². The number of aryl methyl sites for hydroxylation is 1. The van der Waals surface area contributed by atoms with Crippen molar-refractivity contribution in [3.63, 3.8) is 0 Å². The van der Waals surface area contributed by atoms with Gasteiger partial charge in [0.05, 0.1) is 23.3 Å². The summed E-state index contributed by atoms with van der Waals surface area (Å²) >= 11 is 1.59. The summed E-state index contributed by atoms with van der Waals surface area (Å²) in [5.41, 5.74) is 0.967. The quantitative estimate of drug-likeness (QED) is 0.761. The van der Waals surface area contributed by atoms with Gasteiger partial charge < -0.3 is 15.2 Å². The van der Waals surface area contributed by atoms with Crippen molar-refractivity contribution in [3.8, 4) is 0 Å². The molecule has 3 aromatic rings. The van der Waals surface area contributed by atoms with Crippen LogP contribution in [0.15, 0.2) is 24.3 Å². The topological polar surface area (TPSA) is 84.7 Å². The standard InChI is InChI=1S/C16H18N6OS/c23-16(17-9-14-21-20-13-7-3-4-8-22(13)14)18-10-15-19-11-5-1-2-6-12(11)24-15/h1-2,5-6H,3-4,7-10H2,(H2,17,18,23). The fourth-order valence-electron chi connectivity index (χ4n) is 2.87. The monoisotopic (exact) mass is 342 g/mol.